The second-order valence-electron chi connectivity index (χ2n) is 6.71. The van der Waals surface area contributed by atoms with Gasteiger partial charge in [0.15, 0.2) is 0 Å². The lowest BCUT2D eigenvalue weighted by Crippen LogP contribution is -2.40. The number of benzene rings is 1. The molecule has 8 heteroatoms. The van der Waals surface area contributed by atoms with Crippen LogP contribution in [0.25, 0.3) is 10.9 Å². The Hall–Kier alpha value is -1.96. The summed E-state index contributed by atoms with van der Waals surface area (Å²) in [4.78, 5) is 18.6. The van der Waals surface area contributed by atoms with E-state index in [1.807, 2.05) is 19.9 Å². The van der Waals surface area contributed by atoms with Crippen molar-refractivity contribution in [1.82, 2.24) is 15.2 Å². The number of halogens is 3. The standard InChI is InChI=1S/C21H28F3N3OS/c1-3-27(4-2)20(28)26-12-7-5-6-8-14-29-19-11-13-25-18-15-16(21(22,23)24)9-10-17(18)19/h9-11,13,15H,3-8,12,14H2,1-2H3,(H,26,28). The van der Waals surface area contributed by atoms with Crippen LogP contribution in [-0.4, -0.2) is 41.3 Å². The van der Waals surface area contributed by atoms with E-state index in [0.717, 1.165) is 53.9 Å². The molecular weight excluding hydrogens is 399 g/mol. The van der Waals surface area contributed by atoms with Gasteiger partial charge in [0, 0.05) is 36.1 Å². The molecule has 2 amide bonds. The van der Waals surface area contributed by atoms with E-state index in [0.29, 0.717) is 25.2 Å². The second-order valence-corrected chi connectivity index (χ2v) is 7.84. The van der Waals surface area contributed by atoms with Crippen molar-refractivity contribution in [2.45, 2.75) is 50.6 Å². The van der Waals surface area contributed by atoms with Crippen LogP contribution in [-0.2, 0) is 6.18 Å². The predicted molar refractivity (Wildman–Crippen MR) is 112 cm³/mol. The summed E-state index contributed by atoms with van der Waals surface area (Å²) in [5.74, 6) is 0.895. The third-order valence-corrected chi connectivity index (χ3v) is 5.85. The van der Waals surface area contributed by atoms with Gasteiger partial charge in [0.2, 0.25) is 0 Å². The predicted octanol–water partition coefficient (Wildman–Crippen LogP) is 5.96. The molecule has 1 aromatic heterocycles. The van der Waals surface area contributed by atoms with E-state index in [1.165, 1.54) is 6.07 Å². The van der Waals surface area contributed by atoms with Crippen molar-refractivity contribution in [3.8, 4) is 0 Å². The molecule has 2 rings (SSSR count). The third kappa shape index (κ3) is 7.10. The van der Waals surface area contributed by atoms with Crippen LogP contribution in [0.2, 0.25) is 0 Å². The normalized spacial score (nSPS) is 11.6. The fourth-order valence-corrected chi connectivity index (χ4v) is 4.06. The van der Waals surface area contributed by atoms with Crippen LogP contribution in [0.4, 0.5) is 18.0 Å². The Labute approximate surface area is 174 Å². The minimum absolute atomic E-state index is 0.0104. The number of amides is 2. The molecule has 0 atom stereocenters. The maximum absolute atomic E-state index is 12.9. The molecule has 1 N–H and O–H groups in total. The Balaban J connectivity index is 1.72. The number of fused-ring (bicyclic) bond motifs is 1. The highest BCUT2D eigenvalue weighted by Gasteiger charge is 2.30. The summed E-state index contributed by atoms with van der Waals surface area (Å²) in [6.07, 6.45) is 1.24. The highest BCUT2D eigenvalue weighted by Crippen LogP contribution is 2.33. The number of nitrogens with zero attached hydrogens (tertiary/aromatic N) is 2. The number of nitrogens with one attached hydrogen (secondary N) is 1. The average Bonchev–Trinajstić information content (AvgIpc) is 2.69. The lowest BCUT2D eigenvalue weighted by Gasteiger charge is -2.19. The van der Waals surface area contributed by atoms with Crippen molar-refractivity contribution in [1.29, 1.82) is 0 Å². The maximum Gasteiger partial charge on any atom is 0.416 e. The Morgan fingerprint density at radius 3 is 2.52 bits per heavy atom. The molecule has 0 saturated heterocycles. The van der Waals surface area contributed by atoms with Crippen LogP contribution in [0.1, 0.15) is 45.1 Å². The molecule has 160 valence electrons. The van der Waals surface area contributed by atoms with Crippen molar-refractivity contribution in [2.75, 3.05) is 25.4 Å². The molecule has 0 bridgehead atoms. The van der Waals surface area contributed by atoms with Gasteiger partial charge in [0.1, 0.15) is 0 Å². The molecule has 0 spiro atoms. The van der Waals surface area contributed by atoms with Crippen LogP contribution in [0.3, 0.4) is 0 Å². The van der Waals surface area contributed by atoms with Gasteiger partial charge in [-0.15, -0.1) is 11.8 Å². The van der Waals surface area contributed by atoms with E-state index < -0.39 is 11.7 Å². The number of rotatable bonds is 10. The molecule has 0 fully saturated rings. The molecule has 0 aliphatic rings. The van der Waals surface area contributed by atoms with Crippen LogP contribution in [0, 0.1) is 0 Å². The molecule has 0 aliphatic heterocycles. The largest absolute Gasteiger partial charge is 0.416 e. The molecule has 29 heavy (non-hydrogen) atoms. The van der Waals surface area contributed by atoms with Gasteiger partial charge in [-0.05, 0) is 50.6 Å². The fraction of sp³-hybridized carbons (Fsp3) is 0.524. The number of pyridine rings is 1. The average molecular weight is 428 g/mol. The summed E-state index contributed by atoms with van der Waals surface area (Å²) in [6.45, 7) is 6.02. The van der Waals surface area contributed by atoms with Crippen LogP contribution in [0.5, 0.6) is 0 Å². The summed E-state index contributed by atoms with van der Waals surface area (Å²) >= 11 is 1.64. The van der Waals surface area contributed by atoms with Crippen molar-refractivity contribution in [3.05, 3.63) is 36.0 Å². The molecule has 0 radical (unpaired) electrons. The van der Waals surface area contributed by atoms with Crippen LogP contribution in [0.15, 0.2) is 35.4 Å². The van der Waals surface area contributed by atoms with Crippen molar-refractivity contribution in [2.24, 2.45) is 0 Å². The summed E-state index contributed by atoms with van der Waals surface area (Å²) in [6, 6.07) is 5.56. The number of thioether (sulfide) groups is 1. The topological polar surface area (TPSA) is 45.2 Å². The van der Waals surface area contributed by atoms with Crippen LogP contribution >= 0.6 is 11.8 Å². The Bertz CT molecular complexity index is 794. The first-order valence-electron chi connectivity index (χ1n) is 9.98. The molecule has 0 saturated carbocycles. The number of carbonyl (C=O) groups is 1. The second kappa shape index (κ2) is 11.3. The number of hydrogen-bond acceptors (Lipinski definition) is 3. The highest BCUT2D eigenvalue weighted by molar-refractivity contribution is 7.99. The monoisotopic (exact) mass is 427 g/mol. The third-order valence-electron chi connectivity index (χ3n) is 4.69. The van der Waals surface area contributed by atoms with Gasteiger partial charge in [-0.1, -0.05) is 18.9 Å². The first-order valence-corrected chi connectivity index (χ1v) is 11.0. The van der Waals surface area contributed by atoms with Gasteiger partial charge in [-0.2, -0.15) is 13.2 Å². The Morgan fingerprint density at radius 1 is 1.10 bits per heavy atom. The van der Waals surface area contributed by atoms with Gasteiger partial charge < -0.3 is 10.2 Å². The highest BCUT2D eigenvalue weighted by atomic mass is 32.2. The molecule has 0 aliphatic carbocycles. The SMILES string of the molecule is CCN(CC)C(=O)NCCCCCCSc1ccnc2cc(C(F)(F)F)ccc12. The molecule has 2 aromatic rings. The van der Waals surface area contributed by atoms with E-state index in [-0.39, 0.29) is 6.03 Å². The smallest absolute Gasteiger partial charge is 0.338 e. The van der Waals surface area contributed by atoms with E-state index in [1.54, 1.807) is 22.9 Å². The maximum atomic E-state index is 12.9. The van der Waals surface area contributed by atoms with Crippen molar-refractivity contribution < 1.29 is 18.0 Å². The van der Waals surface area contributed by atoms with Gasteiger partial charge >= 0.3 is 12.2 Å². The van der Waals surface area contributed by atoms with Gasteiger partial charge in [-0.3, -0.25) is 4.98 Å². The van der Waals surface area contributed by atoms with E-state index in [2.05, 4.69) is 10.3 Å². The molecular formula is C21H28F3N3OS. The zero-order chi connectivity index (χ0) is 21.3. The Morgan fingerprint density at radius 2 is 1.83 bits per heavy atom. The van der Waals surface area contributed by atoms with E-state index >= 15 is 0 Å². The summed E-state index contributed by atoms with van der Waals surface area (Å²) in [7, 11) is 0. The minimum atomic E-state index is -4.36. The minimum Gasteiger partial charge on any atom is -0.338 e. The molecule has 4 nitrogen and oxygen atoms in total. The van der Waals surface area contributed by atoms with Crippen molar-refractivity contribution >= 4 is 28.7 Å². The number of hydrogen-bond donors (Lipinski definition) is 1. The lowest BCUT2D eigenvalue weighted by atomic mass is 10.1. The van der Waals surface area contributed by atoms with E-state index in [4.69, 9.17) is 0 Å². The zero-order valence-corrected chi connectivity index (χ0v) is 17.7. The number of unbranched alkanes of at least 4 members (excludes halogenated alkanes) is 3. The number of aromatic nitrogens is 1. The molecule has 1 aromatic carbocycles. The first-order chi connectivity index (χ1) is 13.9. The number of urea groups is 1. The lowest BCUT2D eigenvalue weighted by molar-refractivity contribution is -0.137. The summed E-state index contributed by atoms with van der Waals surface area (Å²) in [5, 5.41) is 3.69. The molecule has 1 heterocycles. The van der Waals surface area contributed by atoms with Gasteiger partial charge in [-0.25, -0.2) is 4.79 Å². The number of carbonyl (C=O) groups excluding carboxylic acids is 1. The fourth-order valence-electron chi connectivity index (χ4n) is 3.00. The number of alkyl halides is 3. The molecule has 0 unspecified atom stereocenters. The quantitative estimate of drug-likeness (QED) is 0.376. The zero-order valence-electron chi connectivity index (χ0n) is 16.9. The summed E-state index contributed by atoms with van der Waals surface area (Å²) in [5.41, 5.74) is -0.304. The van der Waals surface area contributed by atoms with Crippen molar-refractivity contribution in [3.63, 3.8) is 0 Å². The van der Waals surface area contributed by atoms with Gasteiger partial charge in [0.05, 0.1) is 11.1 Å². The van der Waals surface area contributed by atoms with Gasteiger partial charge in [0.25, 0.3) is 0 Å². The summed E-state index contributed by atoms with van der Waals surface area (Å²) < 4.78 is 38.6. The van der Waals surface area contributed by atoms with Crippen LogP contribution < -0.4 is 5.32 Å². The Kier molecular flexibility index (Phi) is 9.07. The first kappa shape index (κ1) is 23.3. The van der Waals surface area contributed by atoms with E-state index in [9.17, 15) is 18.0 Å².